The average Bonchev–Trinajstić information content (AvgIpc) is 2.72. The molecule has 0 spiro atoms. The van der Waals surface area contributed by atoms with Crippen LogP contribution < -0.4 is 0 Å². The van der Waals surface area contributed by atoms with E-state index in [1.54, 1.807) is 18.5 Å². The second kappa shape index (κ2) is 7.77. The summed E-state index contributed by atoms with van der Waals surface area (Å²) in [6.45, 7) is 3.49. The molecule has 0 unspecified atom stereocenters. The third-order valence-corrected chi connectivity index (χ3v) is 3.46. The summed E-state index contributed by atoms with van der Waals surface area (Å²) < 4.78 is 0. The number of aliphatic hydroxyl groups excluding tert-OH is 1. The third-order valence-electron chi connectivity index (χ3n) is 3.46. The smallest absolute Gasteiger partial charge is 0.255 e. The molecule has 21 heavy (non-hydrogen) atoms. The van der Waals surface area contributed by atoms with Gasteiger partial charge in [0.25, 0.3) is 5.91 Å². The van der Waals surface area contributed by atoms with E-state index in [0.29, 0.717) is 17.5 Å². The highest BCUT2D eigenvalue weighted by atomic mass is 16.2. The number of pyridine rings is 1. The molecule has 112 valence electrons. The van der Waals surface area contributed by atoms with Crippen molar-refractivity contribution in [3.05, 3.63) is 29.6 Å². The van der Waals surface area contributed by atoms with Gasteiger partial charge < -0.3 is 14.9 Å². The summed E-state index contributed by atoms with van der Waals surface area (Å²) in [4.78, 5) is 20.7. The van der Waals surface area contributed by atoms with Gasteiger partial charge in [-0.1, -0.05) is 11.8 Å². The van der Waals surface area contributed by atoms with Gasteiger partial charge in [0.1, 0.15) is 0 Å². The lowest BCUT2D eigenvalue weighted by molar-refractivity contribution is 0.0762. The Balaban J connectivity index is 2.08. The zero-order valence-corrected chi connectivity index (χ0v) is 12.4. The number of aliphatic hydroxyl groups is 1. The molecular weight excluding hydrogens is 266 g/mol. The summed E-state index contributed by atoms with van der Waals surface area (Å²) in [6, 6.07) is 1.77. The van der Waals surface area contributed by atoms with Gasteiger partial charge in [0.2, 0.25) is 0 Å². The fourth-order valence-corrected chi connectivity index (χ4v) is 2.28. The monoisotopic (exact) mass is 287 g/mol. The first-order chi connectivity index (χ1) is 10.2. The molecule has 5 nitrogen and oxygen atoms in total. The van der Waals surface area contributed by atoms with Crippen LogP contribution in [-0.4, -0.2) is 65.6 Å². The van der Waals surface area contributed by atoms with Gasteiger partial charge in [0.15, 0.2) is 0 Å². The SMILES string of the molecule is CN1CCCN(C(=O)c2cncc(C#CCCO)c2)CC1. The Morgan fingerprint density at radius 3 is 3.00 bits per heavy atom. The largest absolute Gasteiger partial charge is 0.395 e. The minimum absolute atomic E-state index is 0.0172. The highest BCUT2D eigenvalue weighted by Gasteiger charge is 2.19. The predicted molar refractivity (Wildman–Crippen MR) is 80.8 cm³/mol. The molecular formula is C16H21N3O2. The highest BCUT2D eigenvalue weighted by Crippen LogP contribution is 2.09. The molecule has 0 aliphatic carbocycles. The van der Waals surface area contributed by atoms with Gasteiger partial charge in [-0.05, 0) is 26.1 Å². The van der Waals surface area contributed by atoms with Gasteiger partial charge in [0.05, 0.1) is 12.2 Å². The topological polar surface area (TPSA) is 56.7 Å². The Hall–Kier alpha value is -1.90. The van der Waals surface area contributed by atoms with Crippen LogP contribution in [0.2, 0.25) is 0 Å². The summed E-state index contributed by atoms with van der Waals surface area (Å²) in [5.41, 5.74) is 1.29. The van der Waals surface area contributed by atoms with E-state index < -0.39 is 0 Å². The first-order valence-electron chi connectivity index (χ1n) is 7.23. The molecule has 1 aromatic rings. The van der Waals surface area contributed by atoms with Crippen LogP contribution in [-0.2, 0) is 0 Å². The van der Waals surface area contributed by atoms with Crippen molar-refractivity contribution in [3.63, 3.8) is 0 Å². The minimum atomic E-state index is 0.0172. The number of amides is 1. The molecule has 0 aromatic carbocycles. The molecule has 0 atom stereocenters. The van der Waals surface area contributed by atoms with Crippen LogP contribution in [0.5, 0.6) is 0 Å². The van der Waals surface area contributed by atoms with Gasteiger partial charge in [-0.3, -0.25) is 9.78 Å². The van der Waals surface area contributed by atoms with Gasteiger partial charge >= 0.3 is 0 Å². The second-order valence-electron chi connectivity index (χ2n) is 5.19. The zero-order chi connectivity index (χ0) is 15.1. The molecule has 1 aliphatic rings. The van der Waals surface area contributed by atoms with Gasteiger partial charge in [-0.2, -0.15) is 0 Å². The summed E-state index contributed by atoms with van der Waals surface area (Å²) in [5.74, 6) is 5.77. The van der Waals surface area contributed by atoms with E-state index in [9.17, 15) is 4.79 Å². The fraction of sp³-hybridized carbons (Fsp3) is 0.500. The van der Waals surface area contributed by atoms with E-state index in [4.69, 9.17) is 5.11 Å². The van der Waals surface area contributed by atoms with Gasteiger partial charge in [0, 0.05) is 44.0 Å². The van der Waals surface area contributed by atoms with Crippen LogP contribution in [0.1, 0.15) is 28.8 Å². The van der Waals surface area contributed by atoms with Crippen molar-refractivity contribution in [2.45, 2.75) is 12.8 Å². The van der Waals surface area contributed by atoms with Crippen LogP contribution in [0.25, 0.3) is 0 Å². The van der Waals surface area contributed by atoms with E-state index in [1.165, 1.54) is 0 Å². The molecule has 0 radical (unpaired) electrons. The molecule has 1 aromatic heterocycles. The minimum Gasteiger partial charge on any atom is -0.395 e. The Morgan fingerprint density at radius 1 is 1.33 bits per heavy atom. The Kier molecular flexibility index (Phi) is 5.73. The van der Waals surface area contributed by atoms with Crippen LogP contribution in [0.3, 0.4) is 0 Å². The number of likely N-dealkylation sites (N-methyl/N-ethyl adjacent to an activating group) is 1. The maximum atomic E-state index is 12.5. The number of hydrogen-bond acceptors (Lipinski definition) is 4. The fourth-order valence-electron chi connectivity index (χ4n) is 2.28. The summed E-state index contributed by atoms with van der Waals surface area (Å²) in [7, 11) is 2.08. The lowest BCUT2D eigenvalue weighted by Gasteiger charge is -2.20. The van der Waals surface area contributed by atoms with Gasteiger partial charge in [-0.25, -0.2) is 0 Å². The van der Waals surface area contributed by atoms with E-state index in [2.05, 4.69) is 28.8 Å². The van der Waals surface area contributed by atoms with Crippen LogP contribution in [0.4, 0.5) is 0 Å². The Labute approximate surface area is 125 Å². The van der Waals surface area contributed by atoms with Crippen molar-refractivity contribution in [1.29, 1.82) is 0 Å². The second-order valence-corrected chi connectivity index (χ2v) is 5.19. The normalized spacial score (nSPS) is 16.0. The van der Waals surface area contributed by atoms with Crippen molar-refractivity contribution in [2.75, 3.05) is 39.8 Å². The quantitative estimate of drug-likeness (QED) is 0.809. The first-order valence-corrected chi connectivity index (χ1v) is 7.23. The number of carbonyl (C=O) groups is 1. The predicted octanol–water partition coefficient (Wildman–Crippen LogP) is 0.593. The number of aromatic nitrogens is 1. The van der Waals surface area contributed by atoms with Crippen LogP contribution in [0.15, 0.2) is 18.5 Å². The molecule has 1 amide bonds. The van der Waals surface area contributed by atoms with E-state index in [1.807, 2.05) is 4.90 Å². The number of carbonyl (C=O) groups excluding carboxylic acids is 1. The van der Waals surface area contributed by atoms with E-state index in [0.717, 1.165) is 32.6 Å². The van der Waals surface area contributed by atoms with Crippen molar-refractivity contribution in [1.82, 2.24) is 14.8 Å². The maximum absolute atomic E-state index is 12.5. The average molecular weight is 287 g/mol. The van der Waals surface area contributed by atoms with Crippen molar-refractivity contribution in [2.24, 2.45) is 0 Å². The molecule has 2 heterocycles. The zero-order valence-electron chi connectivity index (χ0n) is 12.4. The lowest BCUT2D eigenvalue weighted by atomic mass is 10.2. The van der Waals surface area contributed by atoms with Crippen molar-refractivity contribution >= 4 is 5.91 Å². The van der Waals surface area contributed by atoms with Crippen LogP contribution >= 0.6 is 0 Å². The lowest BCUT2D eigenvalue weighted by Crippen LogP contribution is -2.34. The number of rotatable bonds is 2. The maximum Gasteiger partial charge on any atom is 0.255 e. The van der Waals surface area contributed by atoms with E-state index in [-0.39, 0.29) is 12.5 Å². The molecule has 1 aliphatic heterocycles. The third kappa shape index (κ3) is 4.55. The van der Waals surface area contributed by atoms with Crippen molar-refractivity contribution < 1.29 is 9.90 Å². The van der Waals surface area contributed by atoms with Crippen LogP contribution in [0, 0.1) is 11.8 Å². The Morgan fingerprint density at radius 2 is 2.19 bits per heavy atom. The van der Waals surface area contributed by atoms with E-state index >= 15 is 0 Å². The molecule has 1 saturated heterocycles. The number of hydrogen-bond donors (Lipinski definition) is 1. The summed E-state index contributed by atoms with van der Waals surface area (Å²) in [5, 5.41) is 8.72. The van der Waals surface area contributed by atoms with Crippen molar-refractivity contribution in [3.8, 4) is 11.8 Å². The number of nitrogens with zero attached hydrogens (tertiary/aromatic N) is 3. The first kappa shape index (κ1) is 15.5. The molecule has 0 saturated carbocycles. The Bertz CT molecular complexity index is 548. The highest BCUT2D eigenvalue weighted by molar-refractivity contribution is 5.94. The summed E-state index contributed by atoms with van der Waals surface area (Å²) in [6.07, 6.45) is 4.65. The molecule has 1 N–H and O–H groups in total. The molecule has 0 bridgehead atoms. The molecule has 2 rings (SSSR count). The van der Waals surface area contributed by atoms with Gasteiger partial charge in [-0.15, -0.1) is 0 Å². The molecule has 1 fully saturated rings. The standard InChI is InChI=1S/C16H21N3O2/c1-18-6-4-7-19(9-8-18)16(21)15-11-14(12-17-13-15)5-2-3-10-20/h11-13,20H,3-4,6-10H2,1H3. The summed E-state index contributed by atoms with van der Waals surface area (Å²) >= 11 is 0. The molecule has 5 heteroatoms.